The van der Waals surface area contributed by atoms with Gasteiger partial charge >= 0.3 is 0 Å². The van der Waals surface area contributed by atoms with Crippen LogP contribution in [0.15, 0.2) is 6.33 Å². The van der Waals surface area contributed by atoms with Crippen LogP contribution in [0.3, 0.4) is 0 Å². The summed E-state index contributed by atoms with van der Waals surface area (Å²) in [7, 11) is 1.84. The average Bonchev–Trinajstić information content (AvgIpc) is 2.98. The van der Waals surface area contributed by atoms with Crippen LogP contribution in [0.2, 0.25) is 0 Å². The van der Waals surface area contributed by atoms with Crippen LogP contribution < -0.4 is 0 Å². The number of aliphatic hydroxyl groups is 1. The first-order valence-corrected chi connectivity index (χ1v) is 6.60. The van der Waals surface area contributed by atoms with Crippen LogP contribution in [0.1, 0.15) is 18.7 Å². The average molecular weight is 252 g/mol. The van der Waals surface area contributed by atoms with Crippen molar-refractivity contribution in [1.82, 2.24) is 19.7 Å². The maximum Gasteiger partial charge on any atom is 0.138 e. The molecular weight excluding hydrogens is 232 g/mol. The summed E-state index contributed by atoms with van der Waals surface area (Å²) in [6.07, 6.45) is 3.89. The van der Waals surface area contributed by atoms with E-state index in [2.05, 4.69) is 15.0 Å². The highest BCUT2D eigenvalue weighted by atomic mass is 16.5. The second-order valence-corrected chi connectivity index (χ2v) is 5.23. The van der Waals surface area contributed by atoms with E-state index in [0.29, 0.717) is 12.5 Å². The van der Waals surface area contributed by atoms with Gasteiger partial charge in [-0.05, 0) is 19.4 Å². The third-order valence-electron chi connectivity index (χ3n) is 4.04. The molecule has 6 nitrogen and oxygen atoms in total. The molecule has 18 heavy (non-hydrogen) atoms. The van der Waals surface area contributed by atoms with Gasteiger partial charge in [0.25, 0.3) is 0 Å². The Bertz CT molecular complexity index is 409. The molecule has 3 rings (SSSR count). The first-order chi connectivity index (χ1) is 8.74. The normalized spacial score (nSPS) is 30.3. The number of aliphatic hydroxyl groups excluding tert-OH is 1. The Labute approximate surface area is 107 Å². The van der Waals surface area contributed by atoms with Gasteiger partial charge in [-0.25, -0.2) is 4.98 Å². The third kappa shape index (κ3) is 2.28. The van der Waals surface area contributed by atoms with Crippen LogP contribution in [0.5, 0.6) is 0 Å². The Hall–Kier alpha value is -0.980. The second-order valence-electron chi connectivity index (χ2n) is 5.23. The molecule has 2 aliphatic heterocycles. The Kier molecular flexibility index (Phi) is 3.32. The maximum atomic E-state index is 10.3. The minimum atomic E-state index is -0.505. The van der Waals surface area contributed by atoms with E-state index >= 15 is 0 Å². The van der Waals surface area contributed by atoms with Crippen LogP contribution in [0.25, 0.3) is 0 Å². The second kappa shape index (κ2) is 4.95. The maximum absolute atomic E-state index is 10.3. The lowest BCUT2D eigenvalue weighted by Crippen LogP contribution is -2.51. The molecule has 0 spiro atoms. The molecule has 0 aromatic carbocycles. The lowest BCUT2D eigenvalue weighted by molar-refractivity contribution is -0.102. The smallest absolute Gasteiger partial charge is 0.138 e. The van der Waals surface area contributed by atoms with E-state index in [1.54, 1.807) is 4.68 Å². The van der Waals surface area contributed by atoms with Gasteiger partial charge in [-0.2, -0.15) is 5.10 Å². The number of hydrogen-bond donors (Lipinski definition) is 1. The lowest BCUT2D eigenvalue weighted by Gasteiger charge is -2.37. The van der Waals surface area contributed by atoms with Crippen LogP contribution in [-0.4, -0.2) is 62.7 Å². The van der Waals surface area contributed by atoms with Crippen molar-refractivity contribution >= 4 is 0 Å². The zero-order chi connectivity index (χ0) is 12.5. The van der Waals surface area contributed by atoms with Gasteiger partial charge in [0, 0.05) is 26.1 Å². The van der Waals surface area contributed by atoms with E-state index in [1.165, 1.54) is 19.2 Å². The molecule has 1 aromatic heterocycles. The predicted molar refractivity (Wildman–Crippen MR) is 65.0 cm³/mol. The van der Waals surface area contributed by atoms with Crippen LogP contribution in [-0.2, 0) is 18.2 Å². The van der Waals surface area contributed by atoms with E-state index in [0.717, 1.165) is 25.5 Å². The molecule has 3 unspecified atom stereocenters. The van der Waals surface area contributed by atoms with Crippen molar-refractivity contribution in [3.63, 3.8) is 0 Å². The number of aryl methyl sites for hydroxylation is 1. The van der Waals surface area contributed by atoms with Crippen molar-refractivity contribution in [2.45, 2.75) is 37.5 Å². The van der Waals surface area contributed by atoms with Crippen molar-refractivity contribution in [2.24, 2.45) is 7.05 Å². The Morgan fingerprint density at radius 3 is 3.28 bits per heavy atom. The summed E-state index contributed by atoms with van der Waals surface area (Å²) in [4.78, 5) is 6.58. The summed E-state index contributed by atoms with van der Waals surface area (Å²) in [5, 5.41) is 14.3. The highest BCUT2D eigenvalue weighted by Crippen LogP contribution is 2.24. The number of morpholine rings is 1. The number of ether oxygens (including phenoxy) is 1. The summed E-state index contributed by atoms with van der Waals surface area (Å²) in [6.45, 7) is 2.73. The molecule has 100 valence electrons. The van der Waals surface area contributed by atoms with Crippen molar-refractivity contribution in [3.8, 4) is 0 Å². The lowest BCUT2D eigenvalue weighted by atomic mass is 10.1. The monoisotopic (exact) mass is 252 g/mol. The molecule has 2 aliphatic rings. The van der Waals surface area contributed by atoms with E-state index in [-0.39, 0.29) is 6.10 Å². The third-order valence-corrected chi connectivity index (χ3v) is 4.04. The Balaban J connectivity index is 1.59. The van der Waals surface area contributed by atoms with E-state index in [9.17, 15) is 5.11 Å². The van der Waals surface area contributed by atoms with Crippen LogP contribution in [0.4, 0.5) is 0 Å². The molecule has 2 saturated heterocycles. The zero-order valence-corrected chi connectivity index (χ0v) is 10.7. The molecule has 2 fully saturated rings. The summed E-state index contributed by atoms with van der Waals surface area (Å²) in [6, 6.07) is 0.572. The van der Waals surface area contributed by atoms with Gasteiger partial charge in [0.2, 0.25) is 0 Å². The fraction of sp³-hybridized carbons (Fsp3) is 0.833. The van der Waals surface area contributed by atoms with Crippen molar-refractivity contribution in [3.05, 3.63) is 12.2 Å². The van der Waals surface area contributed by atoms with E-state index in [4.69, 9.17) is 4.74 Å². The largest absolute Gasteiger partial charge is 0.390 e. The van der Waals surface area contributed by atoms with Gasteiger partial charge in [0.05, 0.1) is 18.8 Å². The number of aromatic nitrogens is 3. The highest BCUT2D eigenvalue weighted by molar-refractivity contribution is 4.93. The molecule has 3 atom stereocenters. The quantitative estimate of drug-likeness (QED) is 0.792. The zero-order valence-electron chi connectivity index (χ0n) is 10.7. The molecule has 1 N–H and O–H groups in total. The van der Waals surface area contributed by atoms with Crippen LogP contribution in [0, 0.1) is 0 Å². The molecule has 6 heteroatoms. The summed E-state index contributed by atoms with van der Waals surface area (Å²) in [5.74, 6) is 0.801. The predicted octanol–water partition coefficient (Wildman–Crippen LogP) is -0.418. The van der Waals surface area contributed by atoms with Gasteiger partial charge in [-0.3, -0.25) is 9.58 Å². The first kappa shape index (κ1) is 12.1. The topological polar surface area (TPSA) is 63.4 Å². The minimum absolute atomic E-state index is 0.101. The molecule has 0 saturated carbocycles. The highest BCUT2D eigenvalue weighted by Gasteiger charge is 2.35. The van der Waals surface area contributed by atoms with Crippen molar-refractivity contribution < 1.29 is 9.84 Å². The minimum Gasteiger partial charge on any atom is -0.390 e. The van der Waals surface area contributed by atoms with Gasteiger partial charge in [0.15, 0.2) is 0 Å². The molecule has 0 bridgehead atoms. The Morgan fingerprint density at radius 2 is 2.50 bits per heavy atom. The fourth-order valence-corrected chi connectivity index (χ4v) is 2.90. The number of rotatable bonds is 3. The van der Waals surface area contributed by atoms with E-state index in [1.807, 2.05) is 7.05 Å². The van der Waals surface area contributed by atoms with Gasteiger partial charge in [-0.1, -0.05) is 0 Å². The van der Waals surface area contributed by atoms with Gasteiger partial charge in [0.1, 0.15) is 12.2 Å². The van der Waals surface area contributed by atoms with Crippen molar-refractivity contribution in [1.29, 1.82) is 0 Å². The van der Waals surface area contributed by atoms with Crippen molar-refractivity contribution in [2.75, 3.05) is 19.7 Å². The Morgan fingerprint density at radius 1 is 1.61 bits per heavy atom. The SMILES string of the molecule is Cn1ncnc1CC(O)C1CN2CCCC2CO1. The molecular formula is C12H20N4O2. The molecule has 0 radical (unpaired) electrons. The number of hydrogen-bond acceptors (Lipinski definition) is 5. The first-order valence-electron chi connectivity index (χ1n) is 6.60. The standard InChI is InChI=1S/C12H20N4O2/c1-15-12(13-8-14-15)5-10(17)11-6-16-4-2-3-9(16)7-18-11/h8-11,17H,2-7H2,1H3. The number of fused-ring (bicyclic) bond motifs is 1. The molecule has 1 aromatic rings. The van der Waals surface area contributed by atoms with Gasteiger partial charge in [-0.15, -0.1) is 0 Å². The fourth-order valence-electron chi connectivity index (χ4n) is 2.90. The summed E-state index contributed by atoms with van der Waals surface area (Å²) in [5.41, 5.74) is 0. The summed E-state index contributed by atoms with van der Waals surface area (Å²) < 4.78 is 7.49. The number of nitrogens with zero attached hydrogens (tertiary/aromatic N) is 4. The molecule has 3 heterocycles. The molecule has 0 amide bonds. The summed E-state index contributed by atoms with van der Waals surface area (Å²) >= 11 is 0. The van der Waals surface area contributed by atoms with Gasteiger partial charge < -0.3 is 9.84 Å². The van der Waals surface area contributed by atoms with E-state index < -0.39 is 6.10 Å². The van der Waals surface area contributed by atoms with Crippen LogP contribution >= 0.6 is 0 Å². The molecule has 0 aliphatic carbocycles.